The second kappa shape index (κ2) is 6.44. The Hall–Kier alpha value is -0.610. The molecule has 1 saturated carbocycles. The molecule has 2 fully saturated rings. The van der Waals surface area contributed by atoms with Crippen molar-refractivity contribution >= 4 is 5.97 Å². The van der Waals surface area contributed by atoms with Gasteiger partial charge in [0.1, 0.15) is 5.54 Å². The maximum Gasteiger partial charge on any atom is 0.323 e. The van der Waals surface area contributed by atoms with Crippen molar-refractivity contribution in [3.05, 3.63) is 0 Å². The van der Waals surface area contributed by atoms with E-state index in [9.17, 15) is 9.90 Å². The number of hydrogen-bond acceptors (Lipinski definition) is 3. The van der Waals surface area contributed by atoms with Gasteiger partial charge in [-0.25, -0.2) is 0 Å². The van der Waals surface area contributed by atoms with Crippen LogP contribution < -0.4 is 5.32 Å². The van der Waals surface area contributed by atoms with E-state index >= 15 is 0 Å². The summed E-state index contributed by atoms with van der Waals surface area (Å²) in [7, 11) is 0. The Morgan fingerprint density at radius 3 is 2.40 bits per heavy atom. The highest BCUT2D eigenvalue weighted by Crippen LogP contribution is 2.26. The van der Waals surface area contributed by atoms with E-state index in [0.717, 1.165) is 44.1 Å². The van der Waals surface area contributed by atoms with Crippen molar-refractivity contribution in [1.29, 1.82) is 0 Å². The molecule has 2 rings (SSSR count). The van der Waals surface area contributed by atoms with E-state index in [-0.39, 0.29) is 0 Å². The van der Waals surface area contributed by atoms with Crippen molar-refractivity contribution in [2.45, 2.75) is 64.5 Å². The number of likely N-dealkylation sites (tertiary alicyclic amines) is 1. The average Bonchev–Trinajstić information content (AvgIpc) is 3.11. The van der Waals surface area contributed by atoms with Gasteiger partial charge in [-0.3, -0.25) is 10.1 Å². The quantitative estimate of drug-likeness (QED) is 0.752. The van der Waals surface area contributed by atoms with E-state index in [4.69, 9.17) is 0 Å². The van der Waals surface area contributed by atoms with Gasteiger partial charge in [-0.2, -0.15) is 0 Å². The summed E-state index contributed by atoms with van der Waals surface area (Å²) < 4.78 is 0. The van der Waals surface area contributed by atoms with Crippen LogP contribution in [0.15, 0.2) is 0 Å². The number of nitrogens with zero attached hydrogens (tertiary/aromatic N) is 1. The van der Waals surface area contributed by atoms with Crippen LogP contribution in [0.5, 0.6) is 0 Å². The Balaban J connectivity index is 1.76. The molecule has 0 bridgehead atoms. The summed E-state index contributed by atoms with van der Waals surface area (Å²) in [5.74, 6) is 0.841. The third-order valence-electron chi connectivity index (χ3n) is 4.67. The smallest absolute Gasteiger partial charge is 0.323 e. The molecule has 0 radical (unpaired) electrons. The summed E-state index contributed by atoms with van der Waals surface area (Å²) in [6.45, 7) is 9.85. The van der Waals surface area contributed by atoms with Crippen LogP contribution in [-0.4, -0.2) is 47.2 Å². The fraction of sp³-hybridized carbons (Fsp3) is 0.938. The van der Waals surface area contributed by atoms with Crippen molar-refractivity contribution in [2.75, 3.05) is 19.6 Å². The zero-order chi connectivity index (χ0) is 14.8. The summed E-state index contributed by atoms with van der Waals surface area (Å²) in [4.78, 5) is 14.0. The maximum atomic E-state index is 11.5. The Morgan fingerprint density at radius 1 is 1.30 bits per heavy atom. The van der Waals surface area contributed by atoms with Crippen LogP contribution in [0.3, 0.4) is 0 Å². The van der Waals surface area contributed by atoms with Crippen LogP contribution in [0.4, 0.5) is 0 Å². The monoisotopic (exact) mass is 282 g/mol. The predicted molar refractivity (Wildman–Crippen MR) is 80.8 cm³/mol. The van der Waals surface area contributed by atoms with E-state index in [1.807, 2.05) is 6.92 Å². The standard InChI is InChI=1S/C16H30N2O2/c1-12-9-13(2)11-18(10-12)8-4-7-16(3,15(19)20)17-14-5-6-14/h12-14,17H,4-11H2,1-3H3,(H,19,20). The van der Waals surface area contributed by atoms with Gasteiger partial charge in [0.25, 0.3) is 0 Å². The van der Waals surface area contributed by atoms with E-state index in [2.05, 4.69) is 24.1 Å². The van der Waals surface area contributed by atoms with Gasteiger partial charge in [-0.15, -0.1) is 0 Å². The fourth-order valence-corrected chi connectivity index (χ4v) is 3.55. The number of carboxylic acid groups (broad SMARTS) is 1. The van der Waals surface area contributed by atoms with Crippen molar-refractivity contribution in [3.63, 3.8) is 0 Å². The van der Waals surface area contributed by atoms with Crippen molar-refractivity contribution in [2.24, 2.45) is 11.8 Å². The normalized spacial score (nSPS) is 30.9. The second-order valence-electron chi connectivity index (χ2n) is 7.37. The molecule has 3 unspecified atom stereocenters. The van der Waals surface area contributed by atoms with Gasteiger partial charge in [0.15, 0.2) is 0 Å². The zero-order valence-electron chi connectivity index (χ0n) is 13.2. The van der Waals surface area contributed by atoms with Crippen molar-refractivity contribution in [1.82, 2.24) is 10.2 Å². The lowest BCUT2D eigenvalue weighted by molar-refractivity contribution is -0.144. The topological polar surface area (TPSA) is 52.6 Å². The average molecular weight is 282 g/mol. The lowest BCUT2D eigenvalue weighted by Crippen LogP contribution is -2.51. The van der Waals surface area contributed by atoms with Crippen LogP contribution in [0.1, 0.15) is 52.9 Å². The molecule has 1 aliphatic heterocycles. The van der Waals surface area contributed by atoms with Crippen LogP contribution in [0.2, 0.25) is 0 Å². The molecule has 116 valence electrons. The molecule has 1 heterocycles. The van der Waals surface area contributed by atoms with E-state index in [0.29, 0.717) is 6.04 Å². The Bertz CT molecular complexity index is 333. The number of rotatable bonds is 7. The second-order valence-corrected chi connectivity index (χ2v) is 7.37. The third-order valence-corrected chi connectivity index (χ3v) is 4.67. The molecule has 20 heavy (non-hydrogen) atoms. The third kappa shape index (κ3) is 4.45. The van der Waals surface area contributed by atoms with Gasteiger partial charge in [0.2, 0.25) is 0 Å². The Labute approximate surface area is 122 Å². The van der Waals surface area contributed by atoms with E-state index in [1.165, 1.54) is 19.5 Å². The van der Waals surface area contributed by atoms with Gasteiger partial charge < -0.3 is 10.0 Å². The van der Waals surface area contributed by atoms with E-state index < -0.39 is 11.5 Å². The molecule has 0 spiro atoms. The molecule has 0 aromatic heterocycles. The minimum atomic E-state index is -0.742. The van der Waals surface area contributed by atoms with Gasteiger partial charge in [-0.05, 0) is 57.4 Å². The molecule has 3 atom stereocenters. The highest BCUT2D eigenvalue weighted by atomic mass is 16.4. The number of piperidine rings is 1. The van der Waals surface area contributed by atoms with Gasteiger partial charge in [0, 0.05) is 19.1 Å². The summed E-state index contributed by atoms with van der Waals surface area (Å²) in [6, 6.07) is 0.436. The Kier molecular flexibility index (Phi) is 5.08. The molecule has 2 N–H and O–H groups in total. The summed E-state index contributed by atoms with van der Waals surface area (Å²) in [6.07, 6.45) is 5.26. The molecule has 4 nitrogen and oxygen atoms in total. The largest absolute Gasteiger partial charge is 0.480 e. The first-order valence-electron chi connectivity index (χ1n) is 8.12. The Morgan fingerprint density at radius 2 is 1.90 bits per heavy atom. The molecular formula is C16H30N2O2. The van der Waals surface area contributed by atoms with Crippen LogP contribution in [0.25, 0.3) is 0 Å². The summed E-state index contributed by atoms with van der Waals surface area (Å²) in [5.41, 5.74) is -0.742. The summed E-state index contributed by atoms with van der Waals surface area (Å²) in [5, 5.41) is 12.8. The molecule has 2 aliphatic rings. The highest BCUT2D eigenvalue weighted by Gasteiger charge is 2.38. The van der Waals surface area contributed by atoms with Crippen molar-refractivity contribution < 1.29 is 9.90 Å². The van der Waals surface area contributed by atoms with Crippen molar-refractivity contribution in [3.8, 4) is 0 Å². The number of carboxylic acids is 1. The summed E-state index contributed by atoms with van der Waals surface area (Å²) >= 11 is 0. The zero-order valence-corrected chi connectivity index (χ0v) is 13.2. The molecule has 1 aliphatic carbocycles. The molecule has 1 saturated heterocycles. The number of hydrogen-bond donors (Lipinski definition) is 2. The van der Waals surface area contributed by atoms with Gasteiger partial charge >= 0.3 is 5.97 Å². The number of nitrogens with one attached hydrogen (secondary N) is 1. The van der Waals surface area contributed by atoms with Crippen LogP contribution in [-0.2, 0) is 4.79 Å². The molecule has 0 aromatic carbocycles. The van der Waals surface area contributed by atoms with Crippen LogP contribution in [0, 0.1) is 11.8 Å². The first kappa shape index (κ1) is 15.8. The van der Waals surface area contributed by atoms with Gasteiger partial charge in [0.05, 0.1) is 0 Å². The fourth-order valence-electron chi connectivity index (χ4n) is 3.55. The first-order chi connectivity index (χ1) is 9.39. The number of carbonyl (C=O) groups is 1. The maximum absolute atomic E-state index is 11.5. The lowest BCUT2D eigenvalue weighted by atomic mass is 9.91. The SMILES string of the molecule is CC1CC(C)CN(CCCC(C)(NC2CC2)C(=O)O)C1. The highest BCUT2D eigenvalue weighted by molar-refractivity contribution is 5.78. The molecule has 0 aromatic rings. The minimum absolute atomic E-state index is 0.436. The van der Waals surface area contributed by atoms with Gasteiger partial charge in [-0.1, -0.05) is 13.8 Å². The first-order valence-corrected chi connectivity index (χ1v) is 8.12. The molecular weight excluding hydrogens is 252 g/mol. The lowest BCUT2D eigenvalue weighted by Gasteiger charge is -2.35. The van der Waals surface area contributed by atoms with E-state index in [1.54, 1.807) is 0 Å². The minimum Gasteiger partial charge on any atom is -0.480 e. The predicted octanol–water partition coefficient (Wildman–Crippen LogP) is 2.34. The van der Waals surface area contributed by atoms with Crippen LogP contribution >= 0.6 is 0 Å². The molecule has 4 heteroatoms. The molecule has 0 amide bonds. The number of aliphatic carboxylic acids is 1.